The summed E-state index contributed by atoms with van der Waals surface area (Å²) in [7, 11) is 0. The van der Waals surface area contributed by atoms with Crippen molar-refractivity contribution in [2.24, 2.45) is 5.73 Å². The summed E-state index contributed by atoms with van der Waals surface area (Å²) in [6.07, 6.45) is 0. The van der Waals surface area contributed by atoms with Gasteiger partial charge in [0.05, 0.1) is 11.3 Å². The molecule has 0 spiro atoms. The SMILES string of the molecule is NC(=O)c1cc(N)c(N)nc1N. The van der Waals surface area contributed by atoms with Crippen LogP contribution >= 0.6 is 0 Å². The van der Waals surface area contributed by atoms with Gasteiger partial charge >= 0.3 is 0 Å². The molecule has 1 amide bonds. The van der Waals surface area contributed by atoms with Crippen molar-refractivity contribution in [3.8, 4) is 0 Å². The molecule has 6 heteroatoms. The molecule has 0 aliphatic heterocycles. The molecule has 0 fully saturated rings. The number of hydrogen-bond donors (Lipinski definition) is 4. The van der Waals surface area contributed by atoms with E-state index in [0.29, 0.717) is 0 Å². The Morgan fingerprint density at radius 1 is 1.25 bits per heavy atom. The Kier molecular flexibility index (Phi) is 1.74. The maximum Gasteiger partial charge on any atom is 0.252 e. The fourth-order valence-electron chi connectivity index (χ4n) is 0.755. The minimum atomic E-state index is -0.674. The van der Waals surface area contributed by atoms with Crippen molar-refractivity contribution in [3.63, 3.8) is 0 Å². The number of anilines is 3. The largest absolute Gasteiger partial charge is 0.396 e. The van der Waals surface area contributed by atoms with Gasteiger partial charge in [0, 0.05) is 0 Å². The van der Waals surface area contributed by atoms with Crippen LogP contribution in [0.1, 0.15) is 10.4 Å². The summed E-state index contributed by atoms with van der Waals surface area (Å²) < 4.78 is 0. The molecule has 0 saturated heterocycles. The van der Waals surface area contributed by atoms with E-state index < -0.39 is 5.91 Å². The van der Waals surface area contributed by atoms with Crippen LogP contribution in [0.4, 0.5) is 17.3 Å². The van der Waals surface area contributed by atoms with Crippen molar-refractivity contribution in [3.05, 3.63) is 11.6 Å². The number of carbonyl (C=O) groups is 1. The lowest BCUT2D eigenvalue weighted by molar-refractivity contribution is 0.100. The van der Waals surface area contributed by atoms with Crippen molar-refractivity contribution < 1.29 is 4.79 Å². The van der Waals surface area contributed by atoms with E-state index in [1.807, 2.05) is 0 Å². The van der Waals surface area contributed by atoms with Gasteiger partial charge in [0.25, 0.3) is 5.91 Å². The van der Waals surface area contributed by atoms with Crippen molar-refractivity contribution in [2.45, 2.75) is 0 Å². The van der Waals surface area contributed by atoms with Crippen molar-refractivity contribution in [2.75, 3.05) is 17.2 Å². The van der Waals surface area contributed by atoms with Crippen LogP contribution in [-0.4, -0.2) is 10.9 Å². The fourth-order valence-corrected chi connectivity index (χ4v) is 0.755. The molecule has 0 bridgehead atoms. The molecule has 1 rings (SSSR count). The van der Waals surface area contributed by atoms with Gasteiger partial charge in [-0.05, 0) is 6.07 Å². The second kappa shape index (κ2) is 2.57. The molecule has 1 aromatic rings. The minimum Gasteiger partial charge on any atom is -0.396 e. The van der Waals surface area contributed by atoms with E-state index in [1.54, 1.807) is 0 Å². The topological polar surface area (TPSA) is 134 Å². The number of hydrogen-bond acceptors (Lipinski definition) is 5. The minimum absolute atomic E-state index is 0.00537. The van der Waals surface area contributed by atoms with Gasteiger partial charge in [0.1, 0.15) is 11.6 Å². The van der Waals surface area contributed by atoms with Crippen LogP contribution < -0.4 is 22.9 Å². The van der Waals surface area contributed by atoms with Gasteiger partial charge in [-0.2, -0.15) is 0 Å². The van der Waals surface area contributed by atoms with E-state index in [4.69, 9.17) is 22.9 Å². The monoisotopic (exact) mass is 167 g/mol. The van der Waals surface area contributed by atoms with E-state index in [9.17, 15) is 4.79 Å². The zero-order chi connectivity index (χ0) is 9.30. The third kappa shape index (κ3) is 1.22. The average molecular weight is 167 g/mol. The first-order valence-electron chi connectivity index (χ1n) is 3.13. The Bertz CT molecular complexity index is 335. The molecule has 6 nitrogen and oxygen atoms in total. The Morgan fingerprint density at radius 3 is 2.33 bits per heavy atom. The van der Waals surface area contributed by atoms with Crippen LogP contribution in [0.2, 0.25) is 0 Å². The lowest BCUT2D eigenvalue weighted by Crippen LogP contribution is -2.16. The van der Waals surface area contributed by atoms with Crippen molar-refractivity contribution in [1.82, 2.24) is 4.98 Å². The number of nitrogen functional groups attached to an aromatic ring is 3. The summed E-state index contributed by atoms with van der Waals surface area (Å²) in [6, 6.07) is 1.31. The molecule has 0 atom stereocenters. The molecule has 1 heterocycles. The normalized spacial score (nSPS) is 9.67. The number of primary amides is 1. The van der Waals surface area contributed by atoms with Crippen molar-refractivity contribution >= 4 is 23.2 Å². The van der Waals surface area contributed by atoms with Gasteiger partial charge < -0.3 is 22.9 Å². The van der Waals surface area contributed by atoms with Gasteiger partial charge in [0.2, 0.25) is 0 Å². The van der Waals surface area contributed by atoms with Crippen molar-refractivity contribution in [1.29, 1.82) is 0 Å². The molecule has 0 aliphatic rings. The zero-order valence-electron chi connectivity index (χ0n) is 6.24. The molecule has 12 heavy (non-hydrogen) atoms. The standard InChI is InChI=1S/C6H9N5O/c7-3-1-2(6(10)12)4(8)11-5(3)9/h1H,7H2,(H2,10,12)(H4,8,9,11). The molecule has 1 aromatic heterocycles. The number of amides is 1. The summed E-state index contributed by atoms with van der Waals surface area (Å²) in [5.74, 6) is -0.585. The Hall–Kier alpha value is -1.98. The summed E-state index contributed by atoms with van der Waals surface area (Å²) in [5, 5.41) is 0. The second-order valence-corrected chi connectivity index (χ2v) is 2.26. The maximum atomic E-state index is 10.7. The van der Waals surface area contributed by atoms with Gasteiger partial charge in [-0.25, -0.2) is 4.98 Å². The Labute approximate surface area is 68.5 Å². The highest BCUT2D eigenvalue weighted by Gasteiger charge is 2.09. The van der Waals surface area contributed by atoms with E-state index >= 15 is 0 Å². The highest BCUT2D eigenvalue weighted by molar-refractivity contribution is 5.98. The number of carbonyl (C=O) groups excluding carboxylic acids is 1. The first-order valence-corrected chi connectivity index (χ1v) is 3.13. The number of nitrogens with zero attached hydrogens (tertiary/aromatic N) is 1. The summed E-state index contributed by atoms with van der Waals surface area (Å²) in [5.41, 5.74) is 21.3. The first-order chi connectivity index (χ1) is 5.52. The predicted molar refractivity (Wildman–Crippen MR) is 46.0 cm³/mol. The van der Waals surface area contributed by atoms with E-state index in [2.05, 4.69) is 4.98 Å². The molecular weight excluding hydrogens is 158 g/mol. The van der Waals surface area contributed by atoms with Gasteiger partial charge in [-0.15, -0.1) is 0 Å². The smallest absolute Gasteiger partial charge is 0.252 e. The molecule has 0 radical (unpaired) electrons. The highest BCUT2D eigenvalue weighted by atomic mass is 16.1. The third-order valence-corrected chi connectivity index (χ3v) is 1.38. The third-order valence-electron chi connectivity index (χ3n) is 1.38. The molecule has 64 valence electrons. The molecule has 0 aliphatic carbocycles. The molecule has 0 saturated carbocycles. The predicted octanol–water partition coefficient (Wildman–Crippen LogP) is -1.07. The van der Waals surface area contributed by atoms with E-state index in [-0.39, 0.29) is 22.9 Å². The van der Waals surface area contributed by atoms with Crippen LogP contribution in [0.15, 0.2) is 6.07 Å². The Morgan fingerprint density at radius 2 is 1.83 bits per heavy atom. The summed E-state index contributed by atoms with van der Waals surface area (Å²) in [4.78, 5) is 14.3. The molecule has 0 unspecified atom stereocenters. The van der Waals surface area contributed by atoms with Crippen LogP contribution in [0, 0.1) is 0 Å². The average Bonchev–Trinajstić information content (AvgIpc) is 1.96. The van der Waals surface area contributed by atoms with E-state index in [0.717, 1.165) is 0 Å². The van der Waals surface area contributed by atoms with Crippen LogP contribution in [0.3, 0.4) is 0 Å². The number of aromatic nitrogens is 1. The second-order valence-electron chi connectivity index (χ2n) is 2.26. The lowest BCUT2D eigenvalue weighted by atomic mass is 10.2. The van der Waals surface area contributed by atoms with Gasteiger partial charge in [-0.3, -0.25) is 4.79 Å². The lowest BCUT2D eigenvalue weighted by Gasteiger charge is -2.03. The number of pyridine rings is 1. The summed E-state index contributed by atoms with van der Waals surface area (Å²) >= 11 is 0. The van der Waals surface area contributed by atoms with Crippen LogP contribution in [-0.2, 0) is 0 Å². The van der Waals surface area contributed by atoms with Crippen LogP contribution in [0.5, 0.6) is 0 Å². The van der Waals surface area contributed by atoms with Crippen LogP contribution in [0.25, 0.3) is 0 Å². The number of nitrogens with two attached hydrogens (primary N) is 4. The van der Waals surface area contributed by atoms with Gasteiger partial charge in [0.15, 0.2) is 0 Å². The number of rotatable bonds is 1. The fraction of sp³-hybridized carbons (Fsp3) is 0. The Balaban J connectivity index is 3.33. The molecule has 8 N–H and O–H groups in total. The quantitative estimate of drug-likeness (QED) is 0.422. The zero-order valence-corrected chi connectivity index (χ0v) is 6.24. The highest BCUT2D eigenvalue weighted by Crippen LogP contribution is 2.17. The van der Waals surface area contributed by atoms with Gasteiger partial charge in [-0.1, -0.05) is 0 Å². The maximum absolute atomic E-state index is 10.7. The molecular formula is C6H9N5O. The molecule has 0 aromatic carbocycles. The first kappa shape index (κ1) is 8.12. The van der Waals surface area contributed by atoms with E-state index in [1.165, 1.54) is 6.07 Å². The summed E-state index contributed by atoms with van der Waals surface area (Å²) in [6.45, 7) is 0.